The minimum Gasteiger partial charge on any atom is -0.363 e. The van der Waals surface area contributed by atoms with Gasteiger partial charge in [-0.2, -0.15) is 0 Å². The van der Waals surface area contributed by atoms with Crippen LogP contribution < -0.4 is 11.2 Å². The van der Waals surface area contributed by atoms with E-state index in [2.05, 4.69) is 0 Å². The normalized spacial score (nSPS) is 26.9. The molecule has 4 N–H and O–H groups in total. The number of hydrogen-bond donors (Lipinski definition) is 4. The average molecular weight is 308 g/mol. The Hall–Kier alpha value is -1.29. The third-order valence-electron chi connectivity index (χ3n) is 2.67. The standard InChI is InChI=1S/C9H13N2O8P/c12-7-1-2-11(8(13)10-7)9(14)3-6(4-19-9)18-5-20(15,16)17/h1-2,6,14H,3-5H2,(H,10,12,13)(H2,15,16,17)/t6-,9?/m1/s1. The molecule has 0 spiro atoms. The Morgan fingerprint density at radius 1 is 1.55 bits per heavy atom. The molecule has 0 radical (unpaired) electrons. The number of hydrogen-bond acceptors (Lipinski definition) is 6. The molecule has 0 saturated carbocycles. The second kappa shape index (κ2) is 5.24. The second-order valence-corrected chi connectivity index (χ2v) is 5.91. The summed E-state index contributed by atoms with van der Waals surface area (Å²) in [5, 5.41) is 10.2. The van der Waals surface area contributed by atoms with Crippen LogP contribution in [0.25, 0.3) is 0 Å². The van der Waals surface area contributed by atoms with Gasteiger partial charge in [0.1, 0.15) is 6.35 Å². The van der Waals surface area contributed by atoms with Gasteiger partial charge < -0.3 is 24.4 Å². The van der Waals surface area contributed by atoms with Gasteiger partial charge in [0, 0.05) is 12.3 Å². The van der Waals surface area contributed by atoms with Crippen LogP contribution in [0.3, 0.4) is 0 Å². The highest BCUT2D eigenvalue weighted by atomic mass is 31.2. The molecule has 1 aliphatic rings. The molecule has 20 heavy (non-hydrogen) atoms. The molecule has 1 aliphatic heterocycles. The highest BCUT2D eigenvalue weighted by Gasteiger charge is 2.42. The number of nitrogens with one attached hydrogen (secondary N) is 1. The third kappa shape index (κ3) is 3.42. The highest BCUT2D eigenvalue weighted by molar-refractivity contribution is 7.51. The molecule has 0 aromatic carbocycles. The molecule has 11 heteroatoms. The van der Waals surface area contributed by atoms with Gasteiger partial charge in [-0.05, 0) is 0 Å². The largest absolute Gasteiger partial charge is 0.363 e. The van der Waals surface area contributed by atoms with E-state index in [0.29, 0.717) is 0 Å². The average Bonchev–Trinajstić information content (AvgIpc) is 2.68. The van der Waals surface area contributed by atoms with Crippen LogP contribution in [0.4, 0.5) is 0 Å². The molecule has 1 aromatic heterocycles. The summed E-state index contributed by atoms with van der Waals surface area (Å²) in [6, 6.07) is 1.03. The Morgan fingerprint density at radius 3 is 2.85 bits per heavy atom. The van der Waals surface area contributed by atoms with Crippen molar-refractivity contribution < 1.29 is 28.9 Å². The highest BCUT2D eigenvalue weighted by Crippen LogP contribution is 2.36. The smallest absolute Gasteiger partial charge is 0.350 e. The molecular formula is C9H13N2O8P. The third-order valence-corrected chi connectivity index (χ3v) is 3.16. The molecule has 0 aliphatic carbocycles. The van der Waals surface area contributed by atoms with Crippen LogP contribution in [-0.4, -0.2) is 43.5 Å². The van der Waals surface area contributed by atoms with E-state index in [-0.39, 0.29) is 13.0 Å². The number of H-pyrrole nitrogens is 1. The van der Waals surface area contributed by atoms with E-state index in [1.54, 1.807) is 0 Å². The van der Waals surface area contributed by atoms with E-state index in [4.69, 9.17) is 19.3 Å². The Labute approximate surface area is 111 Å². The minimum atomic E-state index is -4.32. The zero-order chi connectivity index (χ0) is 15.0. The number of nitrogens with zero attached hydrogens (tertiary/aromatic N) is 1. The van der Waals surface area contributed by atoms with E-state index in [1.807, 2.05) is 4.98 Å². The number of aliphatic hydroxyl groups is 1. The second-order valence-electron chi connectivity index (χ2n) is 4.32. The van der Waals surface area contributed by atoms with Crippen molar-refractivity contribution in [1.82, 2.24) is 9.55 Å². The zero-order valence-electron chi connectivity index (χ0n) is 10.1. The molecule has 1 aromatic rings. The first kappa shape index (κ1) is 15.1. The summed E-state index contributed by atoms with van der Waals surface area (Å²) in [4.78, 5) is 41.8. The predicted octanol–water partition coefficient (Wildman–Crippen LogP) is -1.92. The van der Waals surface area contributed by atoms with Crippen LogP contribution in [0.2, 0.25) is 0 Å². The van der Waals surface area contributed by atoms with E-state index in [0.717, 1.165) is 16.8 Å². The van der Waals surface area contributed by atoms with Gasteiger partial charge in [0.05, 0.1) is 19.1 Å². The fourth-order valence-electron chi connectivity index (χ4n) is 1.81. The minimum absolute atomic E-state index is 0.151. The van der Waals surface area contributed by atoms with E-state index >= 15 is 0 Å². The maximum Gasteiger partial charge on any atom is 0.350 e. The summed E-state index contributed by atoms with van der Waals surface area (Å²) in [5.41, 5.74) is -1.49. The first-order chi connectivity index (χ1) is 9.20. The van der Waals surface area contributed by atoms with Gasteiger partial charge in [-0.1, -0.05) is 0 Å². The molecule has 0 amide bonds. The van der Waals surface area contributed by atoms with Crippen molar-refractivity contribution >= 4 is 7.60 Å². The lowest BCUT2D eigenvalue weighted by molar-refractivity contribution is -0.237. The number of aromatic amines is 1. The summed E-state index contributed by atoms with van der Waals surface area (Å²) in [6.07, 6.45) is -0.741. The molecule has 2 rings (SSSR count). The zero-order valence-corrected chi connectivity index (χ0v) is 11.0. The molecule has 2 atom stereocenters. The van der Waals surface area contributed by atoms with Gasteiger partial charge in [0.25, 0.3) is 11.5 Å². The van der Waals surface area contributed by atoms with Crippen molar-refractivity contribution in [2.75, 3.05) is 13.0 Å². The molecule has 0 bridgehead atoms. The van der Waals surface area contributed by atoms with Crippen molar-refractivity contribution in [1.29, 1.82) is 0 Å². The van der Waals surface area contributed by atoms with Crippen molar-refractivity contribution in [3.63, 3.8) is 0 Å². The van der Waals surface area contributed by atoms with Gasteiger partial charge in [-0.3, -0.25) is 14.3 Å². The lowest BCUT2D eigenvalue weighted by atomic mass is 10.2. The summed E-state index contributed by atoms with van der Waals surface area (Å²) in [7, 11) is -4.32. The van der Waals surface area contributed by atoms with Crippen LogP contribution in [0.5, 0.6) is 0 Å². The fraction of sp³-hybridized carbons (Fsp3) is 0.556. The summed E-state index contributed by atoms with van der Waals surface area (Å²) in [6.45, 7) is -0.151. The maximum atomic E-state index is 11.6. The first-order valence-corrected chi connectivity index (χ1v) is 7.34. The van der Waals surface area contributed by atoms with E-state index in [9.17, 15) is 19.3 Å². The van der Waals surface area contributed by atoms with Crippen molar-refractivity contribution in [2.24, 2.45) is 0 Å². The van der Waals surface area contributed by atoms with Gasteiger partial charge in [0.2, 0.25) is 0 Å². The van der Waals surface area contributed by atoms with Crippen LogP contribution in [0.1, 0.15) is 6.42 Å². The van der Waals surface area contributed by atoms with E-state index in [1.165, 1.54) is 0 Å². The monoisotopic (exact) mass is 308 g/mol. The summed E-state index contributed by atoms with van der Waals surface area (Å²) < 4.78 is 21.4. The van der Waals surface area contributed by atoms with Crippen molar-refractivity contribution in [3.05, 3.63) is 33.1 Å². The Balaban J connectivity index is 2.12. The van der Waals surface area contributed by atoms with Crippen LogP contribution in [0, 0.1) is 0 Å². The first-order valence-electron chi connectivity index (χ1n) is 5.55. The topological polar surface area (TPSA) is 151 Å². The maximum absolute atomic E-state index is 11.6. The molecule has 112 valence electrons. The van der Waals surface area contributed by atoms with Gasteiger partial charge in [0.15, 0.2) is 0 Å². The van der Waals surface area contributed by atoms with Crippen LogP contribution in [-0.2, 0) is 19.9 Å². The summed E-state index contributed by atoms with van der Waals surface area (Å²) in [5.74, 6) is -2.03. The lowest BCUT2D eigenvalue weighted by Gasteiger charge is -2.23. The van der Waals surface area contributed by atoms with Gasteiger partial charge >= 0.3 is 13.3 Å². The Bertz CT molecular complexity index is 648. The quantitative estimate of drug-likeness (QED) is 0.470. The molecule has 2 heterocycles. The van der Waals surface area contributed by atoms with Crippen LogP contribution in [0.15, 0.2) is 21.9 Å². The fourth-order valence-corrected chi connectivity index (χ4v) is 2.22. The lowest BCUT2D eigenvalue weighted by Crippen LogP contribution is -2.43. The molecule has 1 saturated heterocycles. The molecule has 1 unspecified atom stereocenters. The molecule has 10 nitrogen and oxygen atoms in total. The number of ether oxygens (including phenoxy) is 2. The Morgan fingerprint density at radius 2 is 2.25 bits per heavy atom. The van der Waals surface area contributed by atoms with E-state index < -0.39 is 37.2 Å². The van der Waals surface area contributed by atoms with Gasteiger partial charge in [-0.15, -0.1) is 0 Å². The van der Waals surface area contributed by atoms with Crippen molar-refractivity contribution in [2.45, 2.75) is 18.4 Å². The number of rotatable bonds is 4. The summed E-state index contributed by atoms with van der Waals surface area (Å²) >= 11 is 0. The van der Waals surface area contributed by atoms with Gasteiger partial charge in [-0.25, -0.2) is 9.36 Å². The molecular weight excluding hydrogens is 295 g/mol. The van der Waals surface area contributed by atoms with Crippen LogP contribution >= 0.6 is 7.60 Å². The van der Waals surface area contributed by atoms with Crippen molar-refractivity contribution in [3.8, 4) is 0 Å². The molecule has 1 fully saturated rings. The SMILES string of the molecule is O=c1ccn(C2(O)C[C@@H](OCP(=O)(O)O)CO2)c(=O)[nH]1. The Kier molecular flexibility index (Phi) is 3.96. The number of aromatic nitrogens is 2. The predicted molar refractivity (Wildman–Crippen MR) is 63.9 cm³/mol.